The van der Waals surface area contributed by atoms with Gasteiger partial charge in [0.25, 0.3) is 0 Å². The van der Waals surface area contributed by atoms with Crippen LogP contribution >= 0.6 is 12.4 Å². The minimum atomic E-state index is 0. The summed E-state index contributed by atoms with van der Waals surface area (Å²) in [7, 11) is 6.00. The molecule has 0 atom stereocenters. The highest BCUT2D eigenvalue weighted by atomic mass is 35.5. The standard InChI is InChI=1S/C3H9N.C2H4.ClH.H3NO/c1-4(2)3;1-2;;1-2/h1-3H3;1-2H2;1H;2H,1H2. The van der Waals surface area contributed by atoms with Crippen molar-refractivity contribution in [2.45, 2.75) is 0 Å². The highest BCUT2D eigenvalue weighted by molar-refractivity contribution is 5.85. The third-order valence-electron chi connectivity index (χ3n) is 0. The van der Waals surface area contributed by atoms with Crippen molar-refractivity contribution in [3.8, 4) is 0 Å². The summed E-state index contributed by atoms with van der Waals surface area (Å²) in [5, 5.41) is 6.50. The number of halogens is 1. The van der Waals surface area contributed by atoms with E-state index in [4.69, 9.17) is 5.21 Å². The highest BCUT2D eigenvalue weighted by Gasteiger charge is 1.58. The zero-order valence-electron chi connectivity index (χ0n) is 6.29. The van der Waals surface area contributed by atoms with E-state index in [9.17, 15) is 0 Å². The van der Waals surface area contributed by atoms with Crippen LogP contribution in [0.4, 0.5) is 0 Å². The molecule has 0 radical (unpaired) electrons. The van der Waals surface area contributed by atoms with Crippen molar-refractivity contribution in [1.82, 2.24) is 4.90 Å². The van der Waals surface area contributed by atoms with Crippen LogP contribution in [0, 0.1) is 0 Å². The quantitative estimate of drug-likeness (QED) is 0.402. The van der Waals surface area contributed by atoms with Crippen molar-refractivity contribution in [2.24, 2.45) is 5.90 Å². The van der Waals surface area contributed by atoms with E-state index in [-0.39, 0.29) is 12.4 Å². The van der Waals surface area contributed by atoms with Crippen molar-refractivity contribution in [1.29, 1.82) is 0 Å². The Hall–Kier alpha value is -0.0900. The molecule has 0 aliphatic carbocycles. The van der Waals surface area contributed by atoms with Crippen LogP contribution in [-0.4, -0.2) is 31.3 Å². The molecule has 60 valence electrons. The third-order valence-corrected chi connectivity index (χ3v) is 0. The molecular weight excluding hydrogens is 140 g/mol. The van der Waals surface area contributed by atoms with Crippen LogP contribution in [0.25, 0.3) is 0 Å². The summed E-state index contributed by atoms with van der Waals surface area (Å²) >= 11 is 0. The second-order valence-electron chi connectivity index (χ2n) is 1.34. The number of rotatable bonds is 0. The van der Waals surface area contributed by atoms with Crippen LogP contribution < -0.4 is 5.90 Å². The topological polar surface area (TPSA) is 49.5 Å². The average molecular weight is 157 g/mol. The van der Waals surface area contributed by atoms with Gasteiger partial charge in [-0.25, -0.2) is 5.90 Å². The first kappa shape index (κ1) is 23.1. The Morgan fingerprint density at radius 1 is 1.11 bits per heavy atom. The number of hydrogen-bond acceptors (Lipinski definition) is 3. The lowest BCUT2D eigenvalue weighted by atomic mass is 11.0. The molecule has 0 aromatic heterocycles. The smallest absolute Gasteiger partial charge is 0.0140 e. The third kappa shape index (κ3) is 34100. The van der Waals surface area contributed by atoms with Gasteiger partial charge in [-0.2, -0.15) is 0 Å². The van der Waals surface area contributed by atoms with E-state index in [2.05, 4.69) is 19.1 Å². The van der Waals surface area contributed by atoms with Gasteiger partial charge in [0.1, 0.15) is 0 Å². The summed E-state index contributed by atoms with van der Waals surface area (Å²) in [5.41, 5.74) is 0. The Balaban J connectivity index is -0.0000000221. The van der Waals surface area contributed by atoms with Gasteiger partial charge in [-0.15, -0.1) is 25.6 Å². The summed E-state index contributed by atoms with van der Waals surface area (Å²) in [6.07, 6.45) is 0. The van der Waals surface area contributed by atoms with Crippen molar-refractivity contribution < 1.29 is 5.21 Å². The molecule has 0 rings (SSSR count). The molecule has 0 amide bonds. The Kier molecular flexibility index (Phi) is 115. The molecule has 0 saturated carbocycles. The van der Waals surface area contributed by atoms with Crippen LogP contribution in [0.2, 0.25) is 0 Å². The normalized spacial score (nSPS) is 5.11. The van der Waals surface area contributed by atoms with Crippen LogP contribution in [0.3, 0.4) is 0 Å². The number of hydrogen-bond donors (Lipinski definition) is 2. The number of nitrogens with zero attached hydrogens (tertiary/aromatic N) is 1. The molecular formula is C5H17ClN2O. The lowest BCUT2D eigenvalue weighted by Crippen LogP contribution is -1.99. The van der Waals surface area contributed by atoms with E-state index < -0.39 is 0 Å². The maximum atomic E-state index is 6.50. The van der Waals surface area contributed by atoms with Gasteiger partial charge in [-0.3, -0.25) is 0 Å². The molecule has 0 aromatic carbocycles. The summed E-state index contributed by atoms with van der Waals surface area (Å²) in [4.78, 5) is 2.00. The summed E-state index contributed by atoms with van der Waals surface area (Å²) in [6.45, 7) is 6.00. The minimum absolute atomic E-state index is 0. The maximum absolute atomic E-state index is 6.50. The highest BCUT2D eigenvalue weighted by Crippen LogP contribution is 1.47. The van der Waals surface area contributed by atoms with Gasteiger partial charge in [0, 0.05) is 0 Å². The molecule has 0 unspecified atom stereocenters. The SMILES string of the molecule is C=C.CN(C)C.Cl.NO. The predicted octanol–water partition coefficient (Wildman–Crippen LogP) is 0.736. The van der Waals surface area contributed by atoms with Crippen LogP contribution in [0.1, 0.15) is 0 Å². The molecule has 0 fully saturated rings. The van der Waals surface area contributed by atoms with E-state index >= 15 is 0 Å². The minimum Gasteiger partial charge on any atom is -0.320 e. The molecule has 0 aromatic rings. The Morgan fingerprint density at radius 2 is 1.11 bits per heavy atom. The van der Waals surface area contributed by atoms with Crippen LogP contribution in [0.15, 0.2) is 13.2 Å². The van der Waals surface area contributed by atoms with Gasteiger partial charge in [0.15, 0.2) is 0 Å². The largest absolute Gasteiger partial charge is 0.320 e. The van der Waals surface area contributed by atoms with Gasteiger partial charge in [0.05, 0.1) is 0 Å². The molecule has 0 aliphatic heterocycles. The van der Waals surface area contributed by atoms with E-state index in [0.717, 1.165) is 0 Å². The molecule has 0 heterocycles. The second-order valence-corrected chi connectivity index (χ2v) is 1.34. The fourth-order valence-corrected chi connectivity index (χ4v) is 0. The van der Waals surface area contributed by atoms with Crippen molar-refractivity contribution in [3.05, 3.63) is 13.2 Å². The van der Waals surface area contributed by atoms with Gasteiger partial charge >= 0.3 is 0 Å². The van der Waals surface area contributed by atoms with Gasteiger partial charge in [-0.1, -0.05) is 0 Å². The lowest BCUT2D eigenvalue weighted by Gasteiger charge is -1.90. The van der Waals surface area contributed by atoms with E-state index in [0.29, 0.717) is 0 Å². The zero-order chi connectivity index (χ0) is 7.58. The van der Waals surface area contributed by atoms with Crippen molar-refractivity contribution in [2.75, 3.05) is 21.1 Å². The lowest BCUT2D eigenvalue weighted by molar-refractivity contribution is 0.311. The molecule has 9 heavy (non-hydrogen) atoms. The molecule has 3 N–H and O–H groups in total. The first-order valence-electron chi connectivity index (χ1n) is 2.10. The van der Waals surface area contributed by atoms with E-state index in [1.165, 1.54) is 0 Å². The van der Waals surface area contributed by atoms with E-state index in [1.54, 1.807) is 0 Å². The first-order valence-corrected chi connectivity index (χ1v) is 2.10. The monoisotopic (exact) mass is 156 g/mol. The zero-order valence-corrected chi connectivity index (χ0v) is 7.11. The summed E-state index contributed by atoms with van der Waals surface area (Å²) < 4.78 is 0. The average Bonchev–Trinajstić information content (AvgIpc) is 1.75. The molecule has 0 aliphatic rings. The van der Waals surface area contributed by atoms with Crippen molar-refractivity contribution >= 4 is 12.4 Å². The predicted molar refractivity (Wildman–Crippen MR) is 44.1 cm³/mol. The molecule has 0 bridgehead atoms. The summed E-state index contributed by atoms with van der Waals surface area (Å²) in [5.74, 6) is 3.50. The first-order chi connectivity index (χ1) is 3.73. The fraction of sp³-hybridized carbons (Fsp3) is 0.600. The van der Waals surface area contributed by atoms with Gasteiger partial charge < -0.3 is 10.1 Å². The van der Waals surface area contributed by atoms with Crippen LogP contribution in [0.5, 0.6) is 0 Å². The van der Waals surface area contributed by atoms with Gasteiger partial charge in [-0.05, 0) is 21.1 Å². The molecule has 4 heteroatoms. The fourth-order valence-electron chi connectivity index (χ4n) is 0. The molecule has 3 nitrogen and oxygen atoms in total. The Labute approximate surface area is 63.5 Å². The second kappa shape index (κ2) is 44.6. The van der Waals surface area contributed by atoms with Gasteiger partial charge in [0.2, 0.25) is 0 Å². The number of nitrogens with two attached hydrogens (primary N) is 1. The Morgan fingerprint density at radius 3 is 1.11 bits per heavy atom. The van der Waals surface area contributed by atoms with Crippen molar-refractivity contribution in [3.63, 3.8) is 0 Å². The van der Waals surface area contributed by atoms with Crippen LogP contribution in [-0.2, 0) is 0 Å². The summed E-state index contributed by atoms with van der Waals surface area (Å²) in [6, 6.07) is 0. The maximum Gasteiger partial charge on any atom is -0.0140 e. The Bertz CT molecular complexity index is 26.2. The van der Waals surface area contributed by atoms with E-state index in [1.807, 2.05) is 26.0 Å². The molecule has 0 spiro atoms. The molecule has 0 saturated heterocycles.